The van der Waals surface area contributed by atoms with Crippen LogP contribution in [0.3, 0.4) is 0 Å². The Bertz CT molecular complexity index is 944. The molecule has 0 radical (unpaired) electrons. The Labute approximate surface area is 153 Å². The van der Waals surface area contributed by atoms with Crippen molar-refractivity contribution >= 4 is 34.8 Å². The molecule has 0 bridgehead atoms. The van der Waals surface area contributed by atoms with Gasteiger partial charge in [-0.3, -0.25) is 4.79 Å². The first-order valence-corrected chi connectivity index (χ1v) is 7.94. The van der Waals surface area contributed by atoms with Crippen LogP contribution in [0, 0.1) is 18.6 Å². The van der Waals surface area contributed by atoms with Crippen LogP contribution in [0.4, 0.5) is 26.1 Å². The molecule has 0 spiro atoms. The predicted octanol–water partition coefficient (Wildman–Crippen LogP) is 4.71. The fraction of sp³-hybridized carbons (Fsp3) is 0.0556. The van der Waals surface area contributed by atoms with E-state index in [4.69, 9.17) is 11.6 Å². The van der Waals surface area contributed by atoms with Crippen molar-refractivity contribution in [1.82, 2.24) is 9.97 Å². The van der Waals surface area contributed by atoms with Crippen LogP contribution in [0.2, 0.25) is 5.02 Å². The first-order valence-electron chi connectivity index (χ1n) is 7.56. The minimum absolute atomic E-state index is 0.0309. The lowest BCUT2D eigenvalue weighted by Gasteiger charge is -2.10. The van der Waals surface area contributed by atoms with Crippen LogP contribution >= 0.6 is 11.6 Å². The predicted molar refractivity (Wildman–Crippen MR) is 95.8 cm³/mol. The van der Waals surface area contributed by atoms with Gasteiger partial charge in [0, 0.05) is 16.4 Å². The molecule has 1 aromatic heterocycles. The second-order valence-electron chi connectivity index (χ2n) is 5.40. The molecule has 3 aromatic rings. The third kappa shape index (κ3) is 4.12. The Balaban J connectivity index is 1.84. The van der Waals surface area contributed by atoms with E-state index in [1.165, 1.54) is 12.1 Å². The van der Waals surface area contributed by atoms with E-state index in [2.05, 4.69) is 20.6 Å². The molecular formula is C18H13ClF2N4O. The number of benzene rings is 2. The van der Waals surface area contributed by atoms with Gasteiger partial charge < -0.3 is 10.6 Å². The van der Waals surface area contributed by atoms with E-state index in [0.717, 1.165) is 12.1 Å². The average molecular weight is 375 g/mol. The lowest BCUT2D eigenvalue weighted by molar-refractivity contribution is 0.102. The zero-order valence-electron chi connectivity index (χ0n) is 13.6. The zero-order valence-corrected chi connectivity index (χ0v) is 14.3. The van der Waals surface area contributed by atoms with Crippen LogP contribution in [-0.2, 0) is 0 Å². The van der Waals surface area contributed by atoms with Crippen molar-refractivity contribution in [3.63, 3.8) is 0 Å². The van der Waals surface area contributed by atoms with Gasteiger partial charge in [-0.2, -0.15) is 0 Å². The molecule has 3 rings (SSSR count). The van der Waals surface area contributed by atoms with Gasteiger partial charge in [0.05, 0.1) is 0 Å². The Morgan fingerprint density at radius 3 is 2.35 bits per heavy atom. The molecule has 0 atom stereocenters. The van der Waals surface area contributed by atoms with E-state index in [0.29, 0.717) is 16.4 Å². The quantitative estimate of drug-likeness (QED) is 0.694. The van der Waals surface area contributed by atoms with Crippen LogP contribution in [0.1, 0.15) is 16.2 Å². The van der Waals surface area contributed by atoms with E-state index in [9.17, 15) is 13.6 Å². The highest BCUT2D eigenvalue weighted by Crippen LogP contribution is 2.20. The van der Waals surface area contributed by atoms with Crippen LogP contribution in [0.25, 0.3) is 0 Å². The molecule has 5 nitrogen and oxygen atoms in total. The normalized spacial score (nSPS) is 10.5. The van der Waals surface area contributed by atoms with Crippen molar-refractivity contribution in [1.29, 1.82) is 0 Å². The summed E-state index contributed by atoms with van der Waals surface area (Å²) >= 11 is 5.84. The molecule has 0 aliphatic heterocycles. The minimum atomic E-state index is -0.872. The third-order valence-electron chi connectivity index (χ3n) is 3.39. The first-order chi connectivity index (χ1) is 12.4. The van der Waals surface area contributed by atoms with Gasteiger partial charge in [0.2, 0.25) is 5.95 Å². The summed E-state index contributed by atoms with van der Waals surface area (Å²) in [6.07, 6.45) is 0. The van der Waals surface area contributed by atoms with Crippen LogP contribution in [0.15, 0.2) is 48.5 Å². The van der Waals surface area contributed by atoms with Gasteiger partial charge in [0.25, 0.3) is 5.91 Å². The lowest BCUT2D eigenvalue weighted by atomic mass is 10.2. The number of para-hydroxylation sites is 1. The van der Waals surface area contributed by atoms with Crippen molar-refractivity contribution in [3.05, 3.63) is 76.6 Å². The zero-order chi connectivity index (χ0) is 18.7. The smallest absolute Gasteiger partial charge is 0.274 e. The van der Waals surface area contributed by atoms with Gasteiger partial charge >= 0.3 is 0 Å². The molecule has 0 aliphatic rings. The molecular weight excluding hydrogens is 362 g/mol. The maximum atomic E-state index is 13.7. The number of aromatic nitrogens is 2. The number of rotatable bonds is 4. The van der Waals surface area contributed by atoms with E-state index >= 15 is 0 Å². The number of anilines is 3. The number of carbonyl (C=O) groups excluding carboxylic acids is 1. The molecule has 1 amide bonds. The maximum Gasteiger partial charge on any atom is 0.274 e. The standard InChI is InChI=1S/C18H13ClF2N4O/c1-10-9-15(17(26)25-16-13(20)3-2-4-14(16)21)24-18(22-10)23-12-7-5-11(19)6-8-12/h2-9H,1H3,(H,25,26)(H,22,23,24). The summed E-state index contributed by atoms with van der Waals surface area (Å²) in [7, 11) is 0. The van der Waals surface area contributed by atoms with Crippen molar-refractivity contribution < 1.29 is 13.6 Å². The first kappa shape index (κ1) is 17.8. The van der Waals surface area contributed by atoms with E-state index in [-0.39, 0.29) is 11.6 Å². The molecule has 0 saturated carbocycles. The Morgan fingerprint density at radius 2 is 1.69 bits per heavy atom. The van der Waals surface area contributed by atoms with Crippen LogP contribution in [0.5, 0.6) is 0 Å². The number of nitrogens with zero attached hydrogens (tertiary/aromatic N) is 2. The third-order valence-corrected chi connectivity index (χ3v) is 3.64. The van der Waals surface area contributed by atoms with Crippen molar-refractivity contribution in [2.24, 2.45) is 0 Å². The highest BCUT2D eigenvalue weighted by atomic mass is 35.5. The number of aryl methyl sites for hydroxylation is 1. The minimum Gasteiger partial charge on any atom is -0.324 e. The number of hydrogen-bond acceptors (Lipinski definition) is 4. The summed E-state index contributed by atoms with van der Waals surface area (Å²) in [5.74, 6) is -2.32. The van der Waals surface area contributed by atoms with E-state index in [1.54, 1.807) is 31.2 Å². The second-order valence-corrected chi connectivity index (χ2v) is 5.84. The number of halogens is 3. The van der Waals surface area contributed by atoms with Crippen LogP contribution in [-0.4, -0.2) is 15.9 Å². The number of nitrogens with one attached hydrogen (secondary N) is 2. The summed E-state index contributed by atoms with van der Waals surface area (Å²) < 4.78 is 27.4. The Kier molecular flexibility index (Phi) is 5.09. The molecule has 2 aromatic carbocycles. The number of carbonyl (C=O) groups is 1. The fourth-order valence-corrected chi connectivity index (χ4v) is 2.32. The van der Waals surface area contributed by atoms with Gasteiger partial charge in [0.15, 0.2) is 0 Å². The van der Waals surface area contributed by atoms with E-state index < -0.39 is 23.2 Å². The fourth-order valence-electron chi connectivity index (χ4n) is 2.20. The summed E-state index contributed by atoms with van der Waals surface area (Å²) in [6.45, 7) is 1.68. The Hall–Kier alpha value is -3.06. The number of hydrogen-bond donors (Lipinski definition) is 2. The molecule has 1 heterocycles. The van der Waals surface area contributed by atoms with Crippen LogP contribution < -0.4 is 10.6 Å². The van der Waals surface area contributed by atoms with Gasteiger partial charge in [-0.15, -0.1) is 0 Å². The molecule has 2 N–H and O–H groups in total. The highest BCUT2D eigenvalue weighted by molar-refractivity contribution is 6.30. The Morgan fingerprint density at radius 1 is 1.04 bits per heavy atom. The summed E-state index contributed by atoms with van der Waals surface area (Å²) in [6, 6.07) is 11.6. The number of amides is 1. The topological polar surface area (TPSA) is 66.9 Å². The molecule has 0 saturated heterocycles. The average Bonchev–Trinajstić information content (AvgIpc) is 2.59. The highest BCUT2D eigenvalue weighted by Gasteiger charge is 2.16. The maximum absolute atomic E-state index is 13.7. The van der Waals surface area contributed by atoms with Gasteiger partial charge in [-0.1, -0.05) is 17.7 Å². The molecule has 0 unspecified atom stereocenters. The molecule has 132 valence electrons. The van der Waals surface area contributed by atoms with Gasteiger partial charge in [-0.25, -0.2) is 18.7 Å². The van der Waals surface area contributed by atoms with Crippen molar-refractivity contribution in [3.8, 4) is 0 Å². The van der Waals surface area contributed by atoms with Gasteiger partial charge in [0.1, 0.15) is 23.0 Å². The molecule has 26 heavy (non-hydrogen) atoms. The van der Waals surface area contributed by atoms with Crippen molar-refractivity contribution in [2.45, 2.75) is 6.92 Å². The van der Waals surface area contributed by atoms with Gasteiger partial charge in [-0.05, 0) is 49.4 Å². The SMILES string of the molecule is Cc1cc(C(=O)Nc2c(F)cccc2F)nc(Nc2ccc(Cl)cc2)n1. The monoisotopic (exact) mass is 374 g/mol. The summed E-state index contributed by atoms with van der Waals surface area (Å²) in [5.41, 5.74) is 0.625. The lowest BCUT2D eigenvalue weighted by Crippen LogP contribution is -2.17. The second kappa shape index (κ2) is 7.45. The van der Waals surface area contributed by atoms with Crippen molar-refractivity contribution in [2.75, 3.05) is 10.6 Å². The molecule has 0 aliphatic carbocycles. The summed E-state index contributed by atoms with van der Waals surface area (Å²) in [4.78, 5) is 20.6. The summed E-state index contributed by atoms with van der Waals surface area (Å²) in [5, 5.41) is 5.72. The largest absolute Gasteiger partial charge is 0.324 e. The molecule has 0 fully saturated rings. The van der Waals surface area contributed by atoms with E-state index in [1.807, 2.05) is 0 Å². The molecule has 8 heteroatoms.